The fourth-order valence-corrected chi connectivity index (χ4v) is 1.63. The van der Waals surface area contributed by atoms with Crippen LogP contribution in [0.15, 0.2) is 24.4 Å². The van der Waals surface area contributed by atoms with Crippen LogP contribution in [0, 0.1) is 5.82 Å². The summed E-state index contributed by atoms with van der Waals surface area (Å²) in [7, 11) is 1.73. The quantitative estimate of drug-likeness (QED) is 0.810. The van der Waals surface area contributed by atoms with E-state index < -0.39 is 0 Å². The van der Waals surface area contributed by atoms with E-state index in [4.69, 9.17) is 17.3 Å². The third kappa shape index (κ3) is 1.68. The van der Waals surface area contributed by atoms with Crippen LogP contribution in [0.5, 0.6) is 0 Å². The van der Waals surface area contributed by atoms with E-state index in [9.17, 15) is 4.39 Å². The van der Waals surface area contributed by atoms with Crippen molar-refractivity contribution in [2.75, 3.05) is 5.73 Å². The first-order valence-electron chi connectivity index (χ1n) is 4.32. The summed E-state index contributed by atoms with van der Waals surface area (Å²) in [5, 5.41) is 4.32. The first-order chi connectivity index (χ1) is 7.09. The molecule has 2 aromatic rings. The lowest BCUT2D eigenvalue weighted by atomic mass is 10.1. The van der Waals surface area contributed by atoms with Crippen molar-refractivity contribution in [3.8, 4) is 11.1 Å². The smallest absolute Gasteiger partial charge is 0.129 e. The fraction of sp³-hybridized carbons (Fsp3) is 0.100. The molecule has 0 spiro atoms. The highest BCUT2D eigenvalue weighted by Gasteiger charge is 2.11. The highest BCUT2D eigenvalue weighted by molar-refractivity contribution is 6.33. The van der Waals surface area contributed by atoms with Crippen molar-refractivity contribution in [2.24, 2.45) is 7.05 Å². The molecule has 0 amide bonds. The average molecular weight is 226 g/mol. The van der Waals surface area contributed by atoms with E-state index in [0.717, 1.165) is 0 Å². The normalized spacial score (nSPS) is 10.6. The van der Waals surface area contributed by atoms with E-state index in [1.165, 1.54) is 16.8 Å². The number of nitrogens with zero attached hydrogens (tertiary/aromatic N) is 2. The fourth-order valence-electron chi connectivity index (χ4n) is 1.36. The van der Waals surface area contributed by atoms with Crippen molar-refractivity contribution in [1.29, 1.82) is 0 Å². The Balaban J connectivity index is 2.59. The van der Waals surface area contributed by atoms with Crippen LogP contribution in [0.3, 0.4) is 0 Å². The van der Waals surface area contributed by atoms with Gasteiger partial charge in [0, 0.05) is 18.2 Å². The molecular weight excluding hydrogens is 217 g/mol. The van der Waals surface area contributed by atoms with Crippen LogP contribution >= 0.6 is 11.6 Å². The number of nitrogens with two attached hydrogens (primary N) is 1. The Kier molecular flexibility index (Phi) is 2.36. The summed E-state index contributed by atoms with van der Waals surface area (Å²) < 4.78 is 14.4. The number of halogens is 2. The molecule has 78 valence electrons. The highest BCUT2D eigenvalue weighted by atomic mass is 35.5. The Labute approximate surface area is 91.3 Å². The SMILES string of the molecule is Cn1ncc(-c2ccc(F)cc2Cl)c1N. The third-order valence-corrected chi connectivity index (χ3v) is 2.52. The summed E-state index contributed by atoms with van der Waals surface area (Å²) in [6, 6.07) is 4.18. The minimum atomic E-state index is -0.369. The number of aryl methyl sites for hydroxylation is 1. The molecule has 1 aromatic heterocycles. The van der Waals surface area contributed by atoms with Crippen LogP contribution < -0.4 is 5.73 Å². The van der Waals surface area contributed by atoms with Crippen molar-refractivity contribution >= 4 is 17.4 Å². The summed E-state index contributed by atoms with van der Waals surface area (Å²) >= 11 is 5.91. The van der Waals surface area contributed by atoms with Crippen LogP contribution in [-0.4, -0.2) is 9.78 Å². The average Bonchev–Trinajstić information content (AvgIpc) is 2.49. The Morgan fingerprint density at radius 2 is 2.13 bits per heavy atom. The second kappa shape index (κ2) is 3.55. The topological polar surface area (TPSA) is 43.8 Å². The number of anilines is 1. The number of benzene rings is 1. The molecule has 0 aliphatic rings. The number of hydrogen-bond acceptors (Lipinski definition) is 2. The minimum Gasteiger partial charge on any atom is -0.383 e. The van der Waals surface area contributed by atoms with Crippen molar-refractivity contribution in [2.45, 2.75) is 0 Å². The van der Waals surface area contributed by atoms with Gasteiger partial charge < -0.3 is 5.73 Å². The maximum atomic E-state index is 12.8. The molecule has 0 bridgehead atoms. The number of hydrogen-bond donors (Lipinski definition) is 1. The van der Waals surface area contributed by atoms with Crippen LogP contribution in [-0.2, 0) is 7.05 Å². The van der Waals surface area contributed by atoms with Crippen LogP contribution in [0.25, 0.3) is 11.1 Å². The minimum absolute atomic E-state index is 0.328. The third-order valence-electron chi connectivity index (χ3n) is 2.21. The lowest BCUT2D eigenvalue weighted by molar-refractivity contribution is 0.628. The predicted molar refractivity (Wildman–Crippen MR) is 58.0 cm³/mol. The molecule has 3 nitrogen and oxygen atoms in total. The van der Waals surface area contributed by atoms with E-state index in [1.807, 2.05) is 0 Å². The molecule has 15 heavy (non-hydrogen) atoms. The molecule has 0 radical (unpaired) electrons. The molecular formula is C10H9ClFN3. The van der Waals surface area contributed by atoms with Gasteiger partial charge in [0.15, 0.2) is 0 Å². The van der Waals surface area contributed by atoms with Gasteiger partial charge in [0.1, 0.15) is 11.6 Å². The standard InChI is InChI=1S/C10H9ClFN3/c1-15-10(13)8(5-14-15)7-3-2-6(12)4-9(7)11/h2-5H,13H2,1H3. The maximum absolute atomic E-state index is 12.8. The highest BCUT2D eigenvalue weighted by Crippen LogP contribution is 2.31. The molecule has 0 aliphatic heterocycles. The summed E-state index contributed by atoms with van der Waals surface area (Å²) in [4.78, 5) is 0. The molecule has 5 heteroatoms. The molecule has 0 saturated carbocycles. The van der Waals surface area contributed by atoms with Gasteiger partial charge in [-0.2, -0.15) is 5.10 Å². The first kappa shape index (κ1) is 9.98. The van der Waals surface area contributed by atoms with Crippen molar-refractivity contribution in [3.63, 3.8) is 0 Å². The zero-order chi connectivity index (χ0) is 11.0. The Morgan fingerprint density at radius 3 is 2.67 bits per heavy atom. The molecule has 0 fully saturated rings. The molecule has 0 atom stereocenters. The molecule has 0 aliphatic carbocycles. The second-order valence-electron chi connectivity index (χ2n) is 3.19. The van der Waals surface area contributed by atoms with Crippen molar-refractivity contribution in [1.82, 2.24) is 9.78 Å². The Hall–Kier alpha value is -1.55. The van der Waals surface area contributed by atoms with Gasteiger partial charge in [-0.05, 0) is 18.2 Å². The maximum Gasteiger partial charge on any atom is 0.129 e. The van der Waals surface area contributed by atoms with Crippen LogP contribution in [0.1, 0.15) is 0 Å². The van der Waals surface area contributed by atoms with Gasteiger partial charge in [-0.15, -0.1) is 0 Å². The second-order valence-corrected chi connectivity index (χ2v) is 3.60. The Bertz CT molecular complexity index is 507. The molecule has 2 N–H and O–H groups in total. The van der Waals surface area contributed by atoms with E-state index in [2.05, 4.69) is 5.10 Å². The lowest BCUT2D eigenvalue weighted by Crippen LogP contribution is -1.98. The van der Waals surface area contributed by atoms with Gasteiger partial charge in [0.25, 0.3) is 0 Å². The van der Waals surface area contributed by atoms with Gasteiger partial charge in [-0.1, -0.05) is 11.6 Å². The van der Waals surface area contributed by atoms with Gasteiger partial charge in [-0.25, -0.2) is 4.39 Å². The largest absolute Gasteiger partial charge is 0.383 e. The molecule has 1 aromatic carbocycles. The number of rotatable bonds is 1. The molecule has 2 rings (SSSR count). The first-order valence-corrected chi connectivity index (χ1v) is 4.70. The van der Waals surface area contributed by atoms with Crippen molar-refractivity contribution in [3.05, 3.63) is 35.2 Å². The van der Waals surface area contributed by atoms with Gasteiger partial charge in [0.2, 0.25) is 0 Å². The Morgan fingerprint density at radius 1 is 1.40 bits per heavy atom. The van der Waals surface area contributed by atoms with Gasteiger partial charge in [0.05, 0.1) is 11.2 Å². The number of aromatic nitrogens is 2. The van der Waals surface area contributed by atoms with Gasteiger partial charge >= 0.3 is 0 Å². The molecule has 0 unspecified atom stereocenters. The van der Waals surface area contributed by atoms with Crippen LogP contribution in [0.2, 0.25) is 5.02 Å². The van der Waals surface area contributed by atoms with Gasteiger partial charge in [-0.3, -0.25) is 4.68 Å². The van der Waals surface area contributed by atoms with E-state index in [-0.39, 0.29) is 5.82 Å². The number of nitrogen functional groups attached to an aromatic ring is 1. The predicted octanol–water partition coefficient (Wildman–Crippen LogP) is 2.46. The zero-order valence-corrected chi connectivity index (χ0v) is 8.79. The van der Waals surface area contributed by atoms with E-state index >= 15 is 0 Å². The van der Waals surface area contributed by atoms with Crippen LogP contribution in [0.4, 0.5) is 10.2 Å². The summed E-state index contributed by atoms with van der Waals surface area (Å²) in [5.74, 6) is 0.134. The summed E-state index contributed by atoms with van der Waals surface area (Å²) in [5.41, 5.74) is 7.18. The molecule has 0 saturated heterocycles. The summed E-state index contributed by atoms with van der Waals surface area (Å²) in [6.07, 6.45) is 1.61. The molecule has 1 heterocycles. The monoisotopic (exact) mass is 225 g/mol. The lowest BCUT2D eigenvalue weighted by Gasteiger charge is -2.03. The van der Waals surface area contributed by atoms with Crippen molar-refractivity contribution < 1.29 is 4.39 Å². The summed E-state index contributed by atoms with van der Waals surface area (Å²) in [6.45, 7) is 0. The van der Waals surface area contributed by atoms with E-state index in [1.54, 1.807) is 19.3 Å². The van der Waals surface area contributed by atoms with E-state index in [0.29, 0.717) is 22.0 Å². The zero-order valence-electron chi connectivity index (χ0n) is 8.04.